The van der Waals surface area contributed by atoms with Crippen LogP contribution in [-0.2, 0) is 14.2 Å². The molecule has 1 fully saturated rings. The third kappa shape index (κ3) is 4.40. The maximum absolute atomic E-state index is 12.5. The van der Waals surface area contributed by atoms with E-state index in [-0.39, 0.29) is 0 Å². The number of esters is 2. The van der Waals surface area contributed by atoms with Gasteiger partial charge in [-0.2, -0.15) is 0 Å². The summed E-state index contributed by atoms with van der Waals surface area (Å²) in [7, 11) is 0. The lowest BCUT2D eigenvalue weighted by Crippen LogP contribution is -2.59. The van der Waals surface area contributed by atoms with Crippen LogP contribution in [0, 0.1) is 0 Å². The minimum atomic E-state index is -1.11. The van der Waals surface area contributed by atoms with Crippen molar-refractivity contribution in [1.29, 1.82) is 0 Å². The smallest absolute Gasteiger partial charge is 0.338 e. The first-order valence-corrected chi connectivity index (χ1v) is 9.36. The van der Waals surface area contributed by atoms with Gasteiger partial charge in [0.2, 0.25) is 0 Å². The van der Waals surface area contributed by atoms with E-state index in [1.807, 2.05) is 6.92 Å². The van der Waals surface area contributed by atoms with Crippen LogP contribution in [0.5, 0.6) is 0 Å². The average molecular weight is 384 g/mol. The molecule has 5 atom stereocenters. The summed E-state index contributed by atoms with van der Waals surface area (Å²) >= 11 is 0. The highest BCUT2D eigenvalue weighted by Crippen LogP contribution is 2.28. The summed E-state index contributed by atoms with van der Waals surface area (Å²) in [6, 6.07) is 17.0. The van der Waals surface area contributed by atoms with Crippen molar-refractivity contribution in [3.8, 4) is 0 Å². The lowest BCUT2D eigenvalue weighted by atomic mass is 9.93. The largest absolute Gasteiger partial charge is 0.452 e. The highest BCUT2D eigenvalue weighted by atomic mass is 16.6. The minimum Gasteiger partial charge on any atom is -0.452 e. The third-order valence-electron chi connectivity index (χ3n) is 4.80. The van der Waals surface area contributed by atoms with E-state index >= 15 is 0 Å². The van der Waals surface area contributed by atoms with Crippen LogP contribution >= 0.6 is 0 Å². The summed E-state index contributed by atoms with van der Waals surface area (Å²) in [6.07, 6.45) is -3.61. The second-order valence-electron chi connectivity index (χ2n) is 6.75. The van der Waals surface area contributed by atoms with Crippen molar-refractivity contribution < 1.29 is 28.9 Å². The summed E-state index contributed by atoms with van der Waals surface area (Å²) in [5, 5.41) is 10.7. The van der Waals surface area contributed by atoms with Gasteiger partial charge in [0.05, 0.1) is 23.3 Å². The number of aliphatic hydroxyl groups is 1. The van der Waals surface area contributed by atoms with E-state index < -0.39 is 42.5 Å². The first kappa shape index (κ1) is 20.0. The lowest BCUT2D eigenvalue weighted by molar-refractivity contribution is -0.217. The van der Waals surface area contributed by atoms with Gasteiger partial charge in [-0.1, -0.05) is 43.3 Å². The van der Waals surface area contributed by atoms with Crippen LogP contribution in [0.15, 0.2) is 60.7 Å². The van der Waals surface area contributed by atoms with Crippen molar-refractivity contribution in [2.45, 2.75) is 50.8 Å². The molecule has 5 unspecified atom stereocenters. The fraction of sp³-hybridized carbons (Fsp3) is 0.364. The monoisotopic (exact) mass is 384 g/mol. The molecule has 0 radical (unpaired) electrons. The molecular formula is C22H24O6. The third-order valence-corrected chi connectivity index (χ3v) is 4.80. The fourth-order valence-corrected chi connectivity index (χ4v) is 3.28. The molecule has 1 aliphatic rings. The Labute approximate surface area is 164 Å². The topological polar surface area (TPSA) is 82.1 Å². The van der Waals surface area contributed by atoms with E-state index in [1.165, 1.54) is 0 Å². The van der Waals surface area contributed by atoms with Crippen LogP contribution in [0.2, 0.25) is 0 Å². The zero-order valence-electron chi connectivity index (χ0n) is 15.9. The number of rotatable bonds is 5. The number of carbonyl (C=O) groups is 2. The number of hydrogen-bond acceptors (Lipinski definition) is 6. The zero-order chi connectivity index (χ0) is 20.1. The molecule has 148 valence electrons. The van der Waals surface area contributed by atoms with Gasteiger partial charge >= 0.3 is 11.9 Å². The molecule has 6 nitrogen and oxygen atoms in total. The predicted octanol–water partition coefficient (Wildman–Crippen LogP) is 3.00. The number of hydrogen-bond donors (Lipinski definition) is 1. The average Bonchev–Trinajstić information content (AvgIpc) is 2.73. The standard InChI is InChI=1S/C22H24O6/c1-3-17-18(23)20(28-22(25)16-12-8-5-9-13-16)19(14(2)26-17)27-21(24)15-10-6-4-7-11-15/h4-14,17-20,23H,3H2,1-2H3. The summed E-state index contributed by atoms with van der Waals surface area (Å²) < 4.78 is 17.0. The van der Waals surface area contributed by atoms with Gasteiger partial charge < -0.3 is 19.3 Å². The predicted molar refractivity (Wildman–Crippen MR) is 102 cm³/mol. The van der Waals surface area contributed by atoms with Crippen LogP contribution < -0.4 is 0 Å². The van der Waals surface area contributed by atoms with E-state index in [9.17, 15) is 14.7 Å². The first-order chi connectivity index (χ1) is 13.5. The molecule has 28 heavy (non-hydrogen) atoms. The van der Waals surface area contributed by atoms with E-state index in [0.29, 0.717) is 17.5 Å². The molecule has 0 aromatic heterocycles. The quantitative estimate of drug-likeness (QED) is 0.798. The Hall–Kier alpha value is -2.70. The molecule has 1 heterocycles. The summed E-state index contributed by atoms with van der Waals surface area (Å²) in [4.78, 5) is 25.1. The Kier molecular flexibility index (Phi) is 6.44. The number of aliphatic hydroxyl groups excluding tert-OH is 1. The highest BCUT2D eigenvalue weighted by Gasteiger charge is 2.47. The van der Waals surface area contributed by atoms with E-state index in [1.54, 1.807) is 67.6 Å². The minimum absolute atomic E-state index is 0.357. The van der Waals surface area contributed by atoms with Crippen molar-refractivity contribution in [2.75, 3.05) is 0 Å². The molecule has 1 aliphatic heterocycles. The summed E-state index contributed by atoms with van der Waals surface area (Å²) in [5.41, 5.74) is 0.727. The molecule has 0 saturated carbocycles. The molecular weight excluding hydrogens is 360 g/mol. The van der Waals surface area contributed by atoms with Gasteiger partial charge in [0.15, 0.2) is 12.2 Å². The van der Waals surface area contributed by atoms with E-state index in [2.05, 4.69) is 0 Å². The molecule has 6 heteroatoms. The van der Waals surface area contributed by atoms with Gasteiger partial charge in [-0.3, -0.25) is 0 Å². The fourth-order valence-electron chi connectivity index (χ4n) is 3.28. The molecule has 2 aromatic rings. The van der Waals surface area contributed by atoms with Gasteiger partial charge in [0, 0.05) is 0 Å². The Balaban J connectivity index is 1.82. The van der Waals surface area contributed by atoms with Gasteiger partial charge in [-0.25, -0.2) is 9.59 Å². The Morgan fingerprint density at radius 1 is 0.893 bits per heavy atom. The van der Waals surface area contributed by atoms with Crippen LogP contribution in [0.4, 0.5) is 0 Å². The van der Waals surface area contributed by atoms with Crippen LogP contribution in [0.3, 0.4) is 0 Å². The Bertz CT molecular complexity index is 791. The zero-order valence-corrected chi connectivity index (χ0v) is 15.9. The van der Waals surface area contributed by atoms with Crippen molar-refractivity contribution in [3.63, 3.8) is 0 Å². The maximum atomic E-state index is 12.5. The molecule has 2 aromatic carbocycles. The van der Waals surface area contributed by atoms with E-state index in [0.717, 1.165) is 0 Å². The Morgan fingerprint density at radius 3 is 1.82 bits per heavy atom. The molecule has 0 spiro atoms. The molecule has 1 saturated heterocycles. The molecule has 1 N–H and O–H groups in total. The summed E-state index contributed by atoms with van der Waals surface area (Å²) in [6.45, 7) is 3.60. The van der Waals surface area contributed by atoms with Crippen molar-refractivity contribution >= 4 is 11.9 Å². The SMILES string of the molecule is CCC1OC(C)C(OC(=O)c2ccccc2)C(OC(=O)c2ccccc2)C1O. The highest BCUT2D eigenvalue weighted by molar-refractivity contribution is 5.90. The summed E-state index contributed by atoms with van der Waals surface area (Å²) in [5.74, 6) is -1.15. The van der Waals surface area contributed by atoms with Gasteiger partial charge in [0.25, 0.3) is 0 Å². The van der Waals surface area contributed by atoms with Gasteiger partial charge in [0.1, 0.15) is 6.10 Å². The van der Waals surface area contributed by atoms with Crippen LogP contribution in [-0.4, -0.2) is 47.6 Å². The first-order valence-electron chi connectivity index (χ1n) is 9.36. The number of ether oxygens (including phenoxy) is 3. The lowest BCUT2D eigenvalue weighted by Gasteiger charge is -2.42. The molecule has 0 amide bonds. The molecule has 3 rings (SSSR count). The Morgan fingerprint density at radius 2 is 1.36 bits per heavy atom. The van der Waals surface area contributed by atoms with E-state index in [4.69, 9.17) is 14.2 Å². The molecule has 0 bridgehead atoms. The normalized spacial score (nSPS) is 27.0. The number of carbonyl (C=O) groups excluding carboxylic acids is 2. The van der Waals surface area contributed by atoms with Crippen LogP contribution in [0.25, 0.3) is 0 Å². The maximum Gasteiger partial charge on any atom is 0.338 e. The van der Waals surface area contributed by atoms with Crippen LogP contribution in [0.1, 0.15) is 41.0 Å². The van der Waals surface area contributed by atoms with Gasteiger partial charge in [-0.05, 0) is 37.6 Å². The van der Waals surface area contributed by atoms with Crippen molar-refractivity contribution in [1.82, 2.24) is 0 Å². The second-order valence-corrected chi connectivity index (χ2v) is 6.75. The number of benzene rings is 2. The molecule has 0 aliphatic carbocycles. The van der Waals surface area contributed by atoms with Crippen molar-refractivity contribution in [3.05, 3.63) is 71.8 Å². The van der Waals surface area contributed by atoms with Crippen molar-refractivity contribution in [2.24, 2.45) is 0 Å². The van der Waals surface area contributed by atoms with Gasteiger partial charge in [-0.15, -0.1) is 0 Å². The second kappa shape index (κ2) is 8.99.